The average Bonchev–Trinajstić information content (AvgIpc) is 2.45. The van der Waals surface area contributed by atoms with Gasteiger partial charge in [-0.05, 0) is 31.0 Å². The molecule has 0 atom stereocenters. The van der Waals surface area contributed by atoms with Crippen LogP contribution in [-0.2, 0) is 6.54 Å². The maximum absolute atomic E-state index is 10.9. The first-order chi connectivity index (χ1) is 9.95. The van der Waals surface area contributed by atoms with Gasteiger partial charge in [0, 0.05) is 17.6 Å². The van der Waals surface area contributed by atoms with E-state index in [4.69, 9.17) is 5.11 Å². The Labute approximate surface area is 123 Å². The minimum atomic E-state index is -0.965. The molecule has 0 saturated carbocycles. The van der Waals surface area contributed by atoms with Crippen molar-refractivity contribution in [3.63, 3.8) is 0 Å². The van der Waals surface area contributed by atoms with Gasteiger partial charge in [0.1, 0.15) is 0 Å². The van der Waals surface area contributed by atoms with E-state index in [0.717, 1.165) is 11.4 Å². The molecule has 0 fully saturated rings. The van der Waals surface area contributed by atoms with Crippen LogP contribution in [-0.4, -0.2) is 26.0 Å². The Balaban J connectivity index is 2.13. The molecule has 0 saturated heterocycles. The number of hydrogen-bond acceptors (Lipinski definition) is 5. The SMILES string of the molecule is Cc1cc(C(C)C)nc(NCc2cc(C(=O)O)ccn2)n1. The number of aryl methyl sites for hydroxylation is 1. The van der Waals surface area contributed by atoms with Crippen LogP contribution in [0.1, 0.15) is 47.2 Å². The summed E-state index contributed by atoms with van der Waals surface area (Å²) in [6, 6.07) is 4.96. The van der Waals surface area contributed by atoms with Crippen LogP contribution in [0.5, 0.6) is 0 Å². The summed E-state index contributed by atoms with van der Waals surface area (Å²) in [5, 5.41) is 12.0. The lowest BCUT2D eigenvalue weighted by Crippen LogP contribution is -2.09. The average molecular weight is 286 g/mol. The quantitative estimate of drug-likeness (QED) is 0.878. The zero-order chi connectivity index (χ0) is 15.4. The highest BCUT2D eigenvalue weighted by Crippen LogP contribution is 2.14. The molecule has 6 heteroatoms. The van der Waals surface area contributed by atoms with Gasteiger partial charge in [0.05, 0.1) is 17.8 Å². The summed E-state index contributed by atoms with van der Waals surface area (Å²) in [7, 11) is 0. The van der Waals surface area contributed by atoms with E-state index in [2.05, 4.69) is 34.1 Å². The highest BCUT2D eigenvalue weighted by molar-refractivity contribution is 5.87. The maximum atomic E-state index is 10.9. The molecule has 0 aliphatic carbocycles. The molecule has 2 aromatic heterocycles. The van der Waals surface area contributed by atoms with E-state index < -0.39 is 5.97 Å². The van der Waals surface area contributed by atoms with Crippen LogP contribution < -0.4 is 5.32 Å². The zero-order valence-electron chi connectivity index (χ0n) is 12.3. The normalized spacial score (nSPS) is 10.7. The standard InChI is InChI=1S/C15H18N4O2/c1-9(2)13-6-10(3)18-15(19-13)17-8-12-7-11(14(20)21)4-5-16-12/h4-7,9H,8H2,1-3H3,(H,20,21)(H,17,18,19). The van der Waals surface area contributed by atoms with Gasteiger partial charge in [-0.3, -0.25) is 4.98 Å². The molecule has 110 valence electrons. The number of carboxylic acids is 1. The molecule has 2 rings (SSSR count). The minimum absolute atomic E-state index is 0.217. The van der Waals surface area contributed by atoms with Crippen molar-refractivity contribution in [1.82, 2.24) is 15.0 Å². The van der Waals surface area contributed by atoms with E-state index in [-0.39, 0.29) is 5.56 Å². The van der Waals surface area contributed by atoms with Crippen molar-refractivity contribution in [1.29, 1.82) is 0 Å². The molecule has 0 aliphatic rings. The third-order valence-corrected chi connectivity index (χ3v) is 2.96. The third kappa shape index (κ3) is 3.98. The van der Waals surface area contributed by atoms with Crippen molar-refractivity contribution in [2.24, 2.45) is 0 Å². The summed E-state index contributed by atoms with van der Waals surface area (Å²) in [5.74, 6) is -0.116. The molecule has 2 aromatic rings. The van der Waals surface area contributed by atoms with E-state index in [0.29, 0.717) is 24.1 Å². The van der Waals surface area contributed by atoms with Crippen LogP contribution in [0.25, 0.3) is 0 Å². The molecule has 21 heavy (non-hydrogen) atoms. The smallest absolute Gasteiger partial charge is 0.335 e. The highest BCUT2D eigenvalue weighted by Gasteiger charge is 2.07. The van der Waals surface area contributed by atoms with Gasteiger partial charge in [0.15, 0.2) is 0 Å². The number of anilines is 1. The second-order valence-electron chi connectivity index (χ2n) is 5.11. The fourth-order valence-electron chi connectivity index (χ4n) is 1.85. The van der Waals surface area contributed by atoms with Gasteiger partial charge in [-0.15, -0.1) is 0 Å². The molecule has 0 aliphatic heterocycles. The highest BCUT2D eigenvalue weighted by atomic mass is 16.4. The Kier molecular flexibility index (Phi) is 4.47. The van der Waals surface area contributed by atoms with E-state index in [9.17, 15) is 4.79 Å². The number of rotatable bonds is 5. The lowest BCUT2D eigenvalue weighted by molar-refractivity contribution is 0.0696. The van der Waals surface area contributed by atoms with Crippen molar-refractivity contribution in [2.45, 2.75) is 33.2 Å². The largest absolute Gasteiger partial charge is 0.478 e. The van der Waals surface area contributed by atoms with Crippen molar-refractivity contribution < 1.29 is 9.90 Å². The van der Waals surface area contributed by atoms with E-state index in [1.165, 1.54) is 18.3 Å². The van der Waals surface area contributed by atoms with Gasteiger partial charge < -0.3 is 10.4 Å². The van der Waals surface area contributed by atoms with E-state index in [1.807, 2.05) is 13.0 Å². The van der Waals surface area contributed by atoms with Gasteiger partial charge in [0.25, 0.3) is 0 Å². The maximum Gasteiger partial charge on any atom is 0.335 e. The number of hydrogen-bond donors (Lipinski definition) is 2. The summed E-state index contributed by atoms with van der Waals surface area (Å²) < 4.78 is 0. The number of carbonyl (C=O) groups is 1. The zero-order valence-corrected chi connectivity index (χ0v) is 12.3. The van der Waals surface area contributed by atoms with Crippen LogP contribution >= 0.6 is 0 Å². The Bertz CT molecular complexity index is 656. The molecule has 6 nitrogen and oxygen atoms in total. The predicted octanol–water partition coefficient (Wildman–Crippen LogP) is 2.61. The van der Waals surface area contributed by atoms with Crippen molar-refractivity contribution in [2.75, 3.05) is 5.32 Å². The molecule has 0 amide bonds. The summed E-state index contributed by atoms with van der Waals surface area (Å²) in [6.45, 7) is 6.44. The van der Waals surface area contributed by atoms with Crippen LogP contribution in [0.2, 0.25) is 0 Å². The lowest BCUT2D eigenvalue weighted by Gasteiger charge is -2.10. The Hall–Kier alpha value is -2.50. The first-order valence-electron chi connectivity index (χ1n) is 6.73. The molecule has 0 unspecified atom stereocenters. The van der Waals surface area contributed by atoms with Crippen molar-refractivity contribution in [3.05, 3.63) is 47.0 Å². The van der Waals surface area contributed by atoms with Gasteiger partial charge >= 0.3 is 5.97 Å². The second kappa shape index (κ2) is 6.30. The number of nitrogens with one attached hydrogen (secondary N) is 1. The predicted molar refractivity (Wildman–Crippen MR) is 79.4 cm³/mol. The van der Waals surface area contributed by atoms with Gasteiger partial charge in [-0.2, -0.15) is 0 Å². The number of aromatic nitrogens is 3. The molecule has 0 bridgehead atoms. The van der Waals surface area contributed by atoms with Crippen LogP contribution in [0.3, 0.4) is 0 Å². The van der Waals surface area contributed by atoms with E-state index >= 15 is 0 Å². The van der Waals surface area contributed by atoms with Crippen LogP contribution in [0, 0.1) is 6.92 Å². The lowest BCUT2D eigenvalue weighted by atomic mass is 10.1. The second-order valence-corrected chi connectivity index (χ2v) is 5.11. The summed E-state index contributed by atoms with van der Waals surface area (Å²) in [4.78, 5) is 23.8. The summed E-state index contributed by atoms with van der Waals surface area (Å²) in [6.07, 6.45) is 1.48. The molecule has 2 N–H and O–H groups in total. The summed E-state index contributed by atoms with van der Waals surface area (Å²) in [5.41, 5.74) is 2.71. The Morgan fingerprint density at radius 3 is 2.76 bits per heavy atom. The van der Waals surface area contributed by atoms with Crippen molar-refractivity contribution in [3.8, 4) is 0 Å². The first-order valence-corrected chi connectivity index (χ1v) is 6.73. The fourth-order valence-corrected chi connectivity index (χ4v) is 1.85. The molecular formula is C15H18N4O2. The summed E-state index contributed by atoms with van der Waals surface area (Å²) >= 11 is 0. The monoisotopic (exact) mass is 286 g/mol. The van der Waals surface area contributed by atoms with Crippen LogP contribution in [0.15, 0.2) is 24.4 Å². The minimum Gasteiger partial charge on any atom is -0.478 e. The van der Waals surface area contributed by atoms with Crippen LogP contribution in [0.4, 0.5) is 5.95 Å². The molecule has 0 spiro atoms. The van der Waals surface area contributed by atoms with Gasteiger partial charge in [-0.25, -0.2) is 14.8 Å². The Morgan fingerprint density at radius 1 is 1.33 bits per heavy atom. The fraction of sp³-hybridized carbons (Fsp3) is 0.333. The Morgan fingerprint density at radius 2 is 2.10 bits per heavy atom. The molecule has 2 heterocycles. The number of pyridine rings is 1. The number of aromatic carboxylic acids is 1. The van der Waals surface area contributed by atoms with Gasteiger partial charge in [-0.1, -0.05) is 13.8 Å². The molecular weight excluding hydrogens is 268 g/mol. The molecule has 0 radical (unpaired) electrons. The molecule has 0 aromatic carbocycles. The van der Waals surface area contributed by atoms with Crippen molar-refractivity contribution >= 4 is 11.9 Å². The topological polar surface area (TPSA) is 88.0 Å². The number of nitrogens with zero attached hydrogens (tertiary/aromatic N) is 3. The number of carboxylic acid groups (broad SMARTS) is 1. The van der Waals surface area contributed by atoms with E-state index in [1.54, 1.807) is 0 Å². The third-order valence-electron chi connectivity index (χ3n) is 2.96. The first kappa shape index (κ1) is 14.9. The van der Waals surface area contributed by atoms with Gasteiger partial charge in [0.2, 0.25) is 5.95 Å².